The smallest absolute Gasteiger partial charge is 0.273 e. The lowest BCUT2D eigenvalue weighted by atomic mass is 10.2. The number of hydrogen-bond donors (Lipinski definition) is 2. The van der Waals surface area contributed by atoms with Gasteiger partial charge >= 0.3 is 0 Å². The van der Waals surface area contributed by atoms with E-state index in [4.69, 9.17) is 9.26 Å². The fourth-order valence-corrected chi connectivity index (χ4v) is 1.73. The molecule has 0 aliphatic heterocycles. The van der Waals surface area contributed by atoms with Crippen molar-refractivity contribution in [2.75, 3.05) is 13.2 Å². The summed E-state index contributed by atoms with van der Waals surface area (Å²) in [4.78, 5) is 11.7. The molecule has 0 bridgehead atoms. The molecule has 0 radical (unpaired) electrons. The zero-order chi connectivity index (χ0) is 15.2. The van der Waals surface area contributed by atoms with E-state index in [9.17, 15) is 9.90 Å². The van der Waals surface area contributed by atoms with Crippen molar-refractivity contribution >= 4 is 5.91 Å². The highest BCUT2D eigenvalue weighted by atomic mass is 16.5. The van der Waals surface area contributed by atoms with Crippen LogP contribution < -0.4 is 10.1 Å². The second kappa shape index (κ2) is 6.90. The van der Waals surface area contributed by atoms with E-state index in [-0.39, 0.29) is 24.8 Å². The molecule has 0 unspecified atom stereocenters. The van der Waals surface area contributed by atoms with Crippen molar-refractivity contribution in [3.63, 3.8) is 0 Å². The van der Waals surface area contributed by atoms with Crippen LogP contribution in [0.15, 0.2) is 34.9 Å². The fraction of sp³-hybridized carbons (Fsp3) is 0.333. The number of aromatic nitrogens is 1. The van der Waals surface area contributed by atoms with Crippen molar-refractivity contribution in [2.45, 2.75) is 20.0 Å². The van der Waals surface area contributed by atoms with Gasteiger partial charge in [0.2, 0.25) is 0 Å². The van der Waals surface area contributed by atoms with Gasteiger partial charge in [0, 0.05) is 12.6 Å². The van der Waals surface area contributed by atoms with Crippen LogP contribution in [0.4, 0.5) is 0 Å². The normalized spacial score (nSPS) is 12.0. The predicted molar refractivity (Wildman–Crippen MR) is 76.3 cm³/mol. The third-order valence-corrected chi connectivity index (χ3v) is 2.79. The molecule has 21 heavy (non-hydrogen) atoms. The Labute approximate surface area is 122 Å². The molecule has 0 aliphatic rings. The Morgan fingerprint density at radius 3 is 2.90 bits per heavy atom. The first kappa shape index (κ1) is 15.1. The number of rotatable bonds is 6. The van der Waals surface area contributed by atoms with Gasteiger partial charge in [0.25, 0.3) is 5.91 Å². The first-order chi connectivity index (χ1) is 10.0. The maximum absolute atomic E-state index is 11.7. The average molecular weight is 290 g/mol. The van der Waals surface area contributed by atoms with Crippen molar-refractivity contribution in [3.8, 4) is 5.75 Å². The summed E-state index contributed by atoms with van der Waals surface area (Å²) in [6.07, 6.45) is -0.803. The van der Waals surface area contributed by atoms with E-state index in [2.05, 4.69) is 10.5 Å². The summed E-state index contributed by atoms with van der Waals surface area (Å²) >= 11 is 0. The van der Waals surface area contributed by atoms with E-state index >= 15 is 0 Å². The van der Waals surface area contributed by atoms with Crippen LogP contribution in [0.1, 0.15) is 21.8 Å². The number of amides is 1. The summed E-state index contributed by atoms with van der Waals surface area (Å²) < 4.78 is 10.3. The molecule has 0 aliphatic carbocycles. The molecular weight excluding hydrogens is 272 g/mol. The van der Waals surface area contributed by atoms with Crippen LogP contribution in [-0.2, 0) is 0 Å². The van der Waals surface area contributed by atoms with E-state index in [1.165, 1.54) is 6.07 Å². The molecule has 1 aromatic carbocycles. The van der Waals surface area contributed by atoms with Gasteiger partial charge in [-0.3, -0.25) is 4.79 Å². The van der Waals surface area contributed by atoms with Gasteiger partial charge in [0.1, 0.15) is 24.2 Å². The molecule has 0 saturated carbocycles. The number of aliphatic hydroxyl groups excluding tert-OH is 1. The molecule has 1 amide bonds. The van der Waals surface area contributed by atoms with E-state index in [1.54, 1.807) is 6.92 Å². The molecule has 0 saturated heterocycles. The Hall–Kier alpha value is -2.34. The topological polar surface area (TPSA) is 84.6 Å². The third-order valence-electron chi connectivity index (χ3n) is 2.79. The summed E-state index contributed by atoms with van der Waals surface area (Å²) in [6.45, 7) is 3.84. The van der Waals surface area contributed by atoms with Crippen LogP contribution >= 0.6 is 0 Å². The van der Waals surface area contributed by atoms with Crippen LogP contribution in [0.3, 0.4) is 0 Å². The van der Waals surface area contributed by atoms with E-state index in [0.29, 0.717) is 11.5 Å². The number of nitrogens with one attached hydrogen (secondary N) is 1. The first-order valence-electron chi connectivity index (χ1n) is 6.63. The highest BCUT2D eigenvalue weighted by molar-refractivity contribution is 5.92. The molecule has 2 aromatic rings. The van der Waals surface area contributed by atoms with Gasteiger partial charge in [0.15, 0.2) is 5.69 Å². The lowest BCUT2D eigenvalue weighted by Gasteiger charge is -2.13. The number of aliphatic hydroxyl groups is 1. The van der Waals surface area contributed by atoms with Gasteiger partial charge in [0.05, 0.1) is 0 Å². The van der Waals surface area contributed by atoms with Crippen molar-refractivity contribution < 1.29 is 19.2 Å². The molecule has 0 spiro atoms. The average Bonchev–Trinajstić information content (AvgIpc) is 2.89. The SMILES string of the molecule is Cc1cccc(OC[C@@H](O)CNC(=O)c2cc(C)on2)c1. The second-order valence-corrected chi connectivity index (χ2v) is 4.81. The molecule has 112 valence electrons. The number of hydrogen-bond acceptors (Lipinski definition) is 5. The summed E-state index contributed by atoms with van der Waals surface area (Å²) in [5.41, 5.74) is 1.27. The van der Waals surface area contributed by atoms with Crippen molar-refractivity contribution in [3.05, 3.63) is 47.3 Å². The van der Waals surface area contributed by atoms with Crippen LogP contribution in [0.2, 0.25) is 0 Å². The van der Waals surface area contributed by atoms with Crippen LogP contribution in [0.5, 0.6) is 5.75 Å². The Kier molecular flexibility index (Phi) is 4.94. The summed E-state index contributed by atoms with van der Waals surface area (Å²) in [7, 11) is 0. The summed E-state index contributed by atoms with van der Waals surface area (Å²) in [6, 6.07) is 9.07. The maximum atomic E-state index is 11.7. The minimum Gasteiger partial charge on any atom is -0.491 e. The highest BCUT2D eigenvalue weighted by Crippen LogP contribution is 2.12. The zero-order valence-electron chi connectivity index (χ0n) is 12.0. The number of carbonyl (C=O) groups excluding carboxylic acids is 1. The first-order valence-corrected chi connectivity index (χ1v) is 6.63. The number of carbonyl (C=O) groups is 1. The van der Waals surface area contributed by atoms with Crippen molar-refractivity contribution in [1.29, 1.82) is 0 Å². The minimum absolute atomic E-state index is 0.0799. The predicted octanol–water partition coefficient (Wildman–Crippen LogP) is 1.46. The van der Waals surface area contributed by atoms with E-state index in [1.807, 2.05) is 31.2 Å². The number of aryl methyl sites for hydroxylation is 2. The maximum Gasteiger partial charge on any atom is 0.273 e. The number of ether oxygens (including phenoxy) is 1. The Morgan fingerprint density at radius 2 is 2.24 bits per heavy atom. The Bertz CT molecular complexity index is 609. The van der Waals surface area contributed by atoms with Crippen molar-refractivity contribution in [1.82, 2.24) is 10.5 Å². The molecule has 1 heterocycles. The monoisotopic (exact) mass is 290 g/mol. The fourth-order valence-electron chi connectivity index (χ4n) is 1.73. The van der Waals surface area contributed by atoms with E-state index in [0.717, 1.165) is 5.56 Å². The standard InChI is InChI=1S/C15H18N2O4/c1-10-4-3-5-13(6-10)20-9-12(18)8-16-15(19)14-7-11(2)21-17-14/h3-7,12,18H,8-9H2,1-2H3,(H,16,19)/t12-/m0/s1. The molecule has 2 N–H and O–H groups in total. The molecular formula is C15H18N2O4. The Balaban J connectivity index is 1.74. The molecule has 2 rings (SSSR count). The molecule has 0 fully saturated rings. The zero-order valence-corrected chi connectivity index (χ0v) is 12.0. The van der Waals surface area contributed by atoms with Crippen LogP contribution in [-0.4, -0.2) is 35.4 Å². The van der Waals surface area contributed by atoms with Gasteiger partial charge in [-0.2, -0.15) is 0 Å². The van der Waals surface area contributed by atoms with E-state index < -0.39 is 6.10 Å². The van der Waals surface area contributed by atoms with Gasteiger partial charge in [-0.05, 0) is 31.5 Å². The number of nitrogens with zero attached hydrogens (tertiary/aromatic N) is 1. The molecule has 6 nitrogen and oxygen atoms in total. The summed E-state index contributed by atoms with van der Waals surface area (Å²) in [5, 5.41) is 16.0. The molecule has 1 aromatic heterocycles. The van der Waals surface area contributed by atoms with Gasteiger partial charge < -0.3 is 19.7 Å². The molecule has 1 atom stereocenters. The lowest BCUT2D eigenvalue weighted by molar-refractivity contribution is 0.0836. The lowest BCUT2D eigenvalue weighted by Crippen LogP contribution is -2.35. The van der Waals surface area contributed by atoms with Gasteiger partial charge in [-0.15, -0.1) is 0 Å². The quantitative estimate of drug-likeness (QED) is 0.841. The summed E-state index contributed by atoms with van der Waals surface area (Å²) in [5.74, 6) is 0.859. The van der Waals surface area contributed by atoms with Crippen LogP contribution in [0, 0.1) is 13.8 Å². The van der Waals surface area contributed by atoms with Gasteiger partial charge in [-0.25, -0.2) is 0 Å². The Morgan fingerprint density at radius 1 is 1.43 bits per heavy atom. The molecule has 6 heteroatoms. The minimum atomic E-state index is -0.803. The van der Waals surface area contributed by atoms with Crippen molar-refractivity contribution in [2.24, 2.45) is 0 Å². The highest BCUT2D eigenvalue weighted by Gasteiger charge is 2.13. The van der Waals surface area contributed by atoms with Crippen LogP contribution in [0.25, 0.3) is 0 Å². The van der Waals surface area contributed by atoms with Gasteiger partial charge in [-0.1, -0.05) is 17.3 Å². The number of benzene rings is 1. The largest absolute Gasteiger partial charge is 0.491 e. The second-order valence-electron chi connectivity index (χ2n) is 4.81. The third kappa shape index (κ3) is 4.61.